The van der Waals surface area contributed by atoms with Gasteiger partial charge in [-0.15, -0.1) is 0 Å². The van der Waals surface area contributed by atoms with E-state index in [1.165, 1.54) is 10.9 Å². The van der Waals surface area contributed by atoms with Gasteiger partial charge in [-0.05, 0) is 36.8 Å². The van der Waals surface area contributed by atoms with E-state index in [-0.39, 0.29) is 6.10 Å². The van der Waals surface area contributed by atoms with Crippen LogP contribution in [0.2, 0.25) is 0 Å². The molecule has 2 heteroatoms. The number of aliphatic hydroxyl groups is 1. The third kappa shape index (κ3) is 2.59. The minimum absolute atomic E-state index is 0.254. The largest absolute Gasteiger partial charge is 0.496 e. The Morgan fingerprint density at radius 2 is 1.82 bits per heavy atom. The van der Waals surface area contributed by atoms with Crippen LogP contribution < -0.4 is 4.74 Å². The molecular formula is C15H18O2. The summed E-state index contributed by atoms with van der Waals surface area (Å²) < 4.78 is 5.36. The first kappa shape index (κ1) is 11.9. The quantitative estimate of drug-likeness (QED) is 0.874. The zero-order chi connectivity index (χ0) is 12.3. The van der Waals surface area contributed by atoms with Crippen molar-refractivity contribution in [2.24, 2.45) is 0 Å². The lowest BCUT2D eigenvalue weighted by Gasteiger charge is -2.11. The minimum Gasteiger partial charge on any atom is -0.496 e. The van der Waals surface area contributed by atoms with E-state index in [9.17, 15) is 5.11 Å². The Kier molecular flexibility index (Phi) is 3.64. The Hall–Kier alpha value is -1.54. The minimum atomic E-state index is -0.254. The number of rotatable bonds is 4. The van der Waals surface area contributed by atoms with Gasteiger partial charge in [-0.1, -0.05) is 30.3 Å². The van der Waals surface area contributed by atoms with Crippen molar-refractivity contribution in [3.05, 3.63) is 42.0 Å². The molecule has 0 amide bonds. The maximum atomic E-state index is 9.36. The second-order valence-electron chi connectivity index (χ2n) is 4.36. The summed E-state index contributed by atoms with van der Waals surface area (Å²) in [5.41, 5.74) is 1.27. The molecule has 0 aromatic heterocycles. The highest BCUT2D eigenvalue weighted by Crippen LogP contribution is 2.29. The van der Waals surface area contributed by atoms with Crippen LogP contribution in [-0.4, -0.2) is 18.3 Å². The fourth-order valence-corrected chi connectivity index (χ4v) is 2.09. The van der Waals surface area contributed by atoms with E-state index in [1.54, 1.807) is 7.11 Å². The molecule has 2 nitrogen and oxygen atoms in total. The number of benzene rings is 2. The van der Waals surface area contributed by atoms with Crippen molar-refractivity contribution in [3.63, 3.8) is 0 Å². The molecular weight excluding hydrogens is 212 g/mol. The van der Waals surface area contributed by atoms with Gasteiger partial charge in [-0.2, -0.15) is 0 Å². The SMILES string of the molecule is COc1ccc(CC[C@H](C)O)c2ccccc12. The van der Waals surface area contributed by atoms with Crippen molar-refractivity contribution in [2.45, 2.75) is 25.9 Å². The second kappa shape index (κ2) is 5.19. The van der Waals surface area contributed by atoms with Crippen LogP contribution in [0.15, 0.2) is 36.4 Å². The molecule has 0 heterocycles. The molecule has 0 radical (unpaired) electrons. The van der Waals surface area contributed by atoms with Crippen molar-refractivity contribution in [1.82, 2.24) is 0 Å². The first-order valence-corrected chi connectivity index (χ1v) is 5.95. The van der Waals surface area contributed by atoms with Crippen LogP contribution >= 0.6 is 0 Å². The average Bonchev–Trinajstić information content (AvgIpc) is 2.35. The Morgan fingerprint density at radius 3 is 2.47 bits per heavy atom. The van der Waals surface area contributed by atoms with E-state index in [4.69, 9.17) is 4.74 Å². The number of methoxy groups -OCH3 is 1. The number of aliphatic hydroxyl groups excluding tert-OH is 1. The van der Waals surface area contributed by atoms with Gasteiger partial charge in [0.05, 0.1) is 13.2 Å². The molecule has 0 bridgehead atoms. The van der Waals surface area contributed by atoms with Crippen molar-refractivity contribution >= 4 is 10.8 Å². The Morgan fingerprint density at radius 1 is 1.12 bits per heavy atom. The lowest BCUT2D eigenvalue weighted by molar-refractivity contribution is 0.185. The standard InChI is InChI=1S/C15H18O2/c1-11(16)7-8-12-9-10-15(17-2)14-6-4-3-5-13(12)14/h3-6,9-11,16H,7-8H2,1-2H3/t11-/m0/s1. The molecule has 17 heavy (non-hydrogen) atoms. The number of fused-ring (bicyclic) bond motifs is 1. The van der Waals surface area contributed by atoms with Crippen molar-refractivity contribution < 1.29 is 9.84 Å². The van der Waals surface area contributed by atoms with Crippen molar-refractivity contribution in [3.8, 4) is 5.75 Å². The summed E-state index contributed by atoms with van der Waals surface area (Å²) in [7, 11) is 1.69. The van der Waals surface area contributed by atoms with Gasteiger partial charge in [-0.3, -0.25) is 0 Å². The smallest absolute Gasteiger partial charge is 0.126 e. The van der Waals surface area contributed by atoms with Crippen molar-refractivity contribution in [2.75, 3.05) is 7.11 Å². The number of hydrogen-bond acceptors (Lipinski definition) is 2. The summed E-state index contributed by atoms with van der Waals surface area (Å²) in [6.07, 6.45) is 1.43. The zero-order valence-electron chi connectivity index (χ0n) is 10.3. The van der Waals surface area contributed by atoms with Gasteiger partial charge in [0.25, 0.3) is 0 Å². The highest BCUT2D eigenvalue weighted by atomic mass is 16.5. The van der Waals surface area contributed by atoms with E-state index >= 15 is 0 Å². The normalized spacial score (nSPS) is 12.6. The number of ether oxygens (including phenoxy) is 1. The molecule has 0 aliphatic rings. The predicted molar refractivity (Wildman–Crippen MR) is 70.5 cm³/mol. The third-order valence-corrected chi connectivity index (χ3v) is 3.03. The van der Waals surface area contributed by atoms with Crippen LogP contribution in [0, 0.1) is 0 Å². The predicted octanol–water partition coefficient (Wildman–Crippen LogP) is 3.16. The lowest BCUT2D eigenvalue weighted by Crippen LogP contribution is -2.01. The van der Waals surface area contributed by atoms with Gasteiger partial charge in [0.15, 0.2) is 0 Å². The fraction of sp³-hybridized carbons (Fsp3) is 0.333. The van der Waals surface area contributed by atoms with E-state index in [0.717, 1.165) is 24.0 Å². The van der Waals surface area contributed by atoms with Crippen LogP contribution in [0.25, 0.3) is 10.8 Å². The van der Waals surface area contributed by atoms with Crippen LogP contribution in [0.3, 0.4) is 0 Å². The molecule has 2 aromatic rings. The molecule has 0 aliphatic heterocycles. The summed E-state index contributed by atoms with van der Waals surface area (Å²) in [5, 5.41) is 11.7. The molecule has 0 spiro atoms. The molecule has 0 unspecified atom stereocenters. The molecule has 2 rings (SSSR count). The van der Waals surface area contributed by atoms with Gasteiger partial charge in [0.2, 0.25) is 0 Å². The van der Waals surface area contributed by atoms with E-state index in [2.05, 4.69) is 18.2 Å². The summed E-state index contributed by atoms with van der Waals surface area (Å²) >= 11 is 0. The van der Waals surface area contributed by atoms with Crippen LogP contribution in [-0.2, 0) is 6.42 Å². The van der Waals surface area contributed by atoms with Crippen molar-refractivity contribution in [1.29, 1.82) is 0 Å². The van der Waals surface area contributed by atoms with E-state index in [0.29, 0.717) is 0 Å². The third-order valence-electron chi connectivity index (χ3n) is 3.03. The molecule has 90 valence electrons. The van der Waals surface area contributed by atoms with Crippen LogP contribution in [0.5, 0.6) is 5.75 Å². The Labute approximate surface area is 102 Å². The molecule has 0 aliphatic carbocycles. The molecule has 0 saturated heterocycles. The first-order valence-electron chi connectivity index (χ1n) is 5.95. The van der Waals surface area contributed by atoms with Gasteiger partial charge in [-0.25, -0.2) is 0 Å². The maximum absolute atomic E-state index is 9.36. The summed E-state index contributed by atoms with van der Waals surface area (Å²) in [6, 6.07) is 12.3. The second-order valence-corrected chi connectivity index (χ2v) is 4.36. The van der Waals surface area contributed by atoms with Gasteiger partial charge in [0.1, 0.15) is 5.75 Å². The van der Waals surface area contributed by atoms with Gasteiger partial charge in [0, 0.05) is 5.39 Å². The van der Waals surface area contributed by atoms with E-state index < -0.39 is 0 Å². The molecule has 2 aromatic carbocycles. The fourth-order valence-electron chi connectivity index (χ4n) is 2.09. The lowest BCUT2D eigenvalue weighted by atomic mass is 9.99. The Bertz CT molecular complexity index is 503. The van der Waals surface area contributed by atoms with Crippen LogP contribution in [0.1, 0.15) is 18.9 Å². The topological polar surface area (TPSA) is 29.5 Å². The summed E-state index contributed by atoms with van der Waals surface area (Å²) in [6.45, 7) is 1.83. The maximum Gasteiger partial charge on any atom is 0.126 e. The highest BCUT2D eigenvalue weighted by molar-refractivity contribution is 5.91. The van der Waals surface area contributed by atoms with E-state index in [1.807, 2.05) is 25.1 Å². The monoisotopic (exact) mass is 230 g/mol. The molecule has 0 saturated carbocycles. The van der Waals surface area contributed by atoms with Gasteiger partial charge < -0.3 is 9.84 Å². The summed E-state index contributed by atoms with van der Waals surface area (Å²) in [5.74, 6) is 0.904. The molecule has 1 atom stereocenters. The zero-order valence-corrected chi connectivity index (χ0v) is 10.3. The number of hydrogen-bond donors (Lipinski definition) is 1. The first-order chi connectivity index (χ1) is 8.22. The average molecular weight is 230 g/mol. The molecule has 1 N–H and O–H groups in total. The van der Waals surface area contributed by atoms with Crippen LogP contribution in [0.4, 0.5) is 0 Å². The summed E-state index contributed by atoms with van der Waals surface area (Å²) in [4.78, 5) is 0. The van der Waals surface area contributed by atoms with Gasteiger partial charge >= 0.3 is 0 Å². The Balaban J connectivity index is 2.43. The number of aryl methyl sites for hydroxylation is 1. The molecule has 0 fully saturated rings. The highest BCUT2D eigenvalue weighted by Gasteiger charge is 2.06.